The molecule has 0 unspecified atom stereocenters. The Morgan fingerprint density at radius 3 is 1.77 bits per heavy atom. The van der Waals surface area contributed by atoms with Gasteiger partial charge in [0.15, 0.2) is 8.07 Å². The highest BCUT2D eigenvalue weighted by atomic mass is 32.1. The lowest BCUT2D eigenvalue weighted by Gasteiger charge is -2.34. The molecule has 4 nitrogen and oxygen atoms in total. The number of hydrogen-bond acceptors (Lipinski definition) is 3. The summed E-state index contributed by atoms with van der Waals surface area (Å²) in [5, 5.41) is 6.63. The first-order valence-corrected chi connectivity index (χ1v) is 19.0. The van der Waals surface area contributed by atoms with E-state index >= 15 is 0 Å². The molecule has 0 N–H and O–H groups in total. The zero-order valence-corrected chi connectivity index (χ0v) is 27.7. The van der Waals surface area contributed by atoms with Crippen molar-refractivity contribution < 1.29 is 0 Å². The summed E-state index contributed by atoms with van der Waals surface area (Å²) in [4.78, 5) is 10.2. The summed E-state index contributed by atoms with van der Waals surface area (Å²) in [5.41, 5.74) is 6.49. The molecule has 6 heteroatoms. The lowest BCUT2D eigenvalue weighted by atomic mass is 10.2. The number of aromatic nitrogens is 4. The number of pyridine rings is 1. The predicted molar refractivity (Wildman–Crippen MR) is 204 cm³/mol. The molecule has 6 aromatic carbocycles. The summed E-state index contributed by atoms with van der Waals surface area (Å²) in [7, 11) is -2.68. The molecule has 0 fully saturated rings. The second-order valence-electron chi connectivity index (χ2n) is 12.2. The zero-order chi connectivity index (χ0) is 31.7. The molecule has 48 heavy (non-hydrogen) atoms. The summed E-state index contributed by atoms with van der Waals surface area (Å²) in [6.45, 7) is 0. The molecule has 0 spiro atoms. The van der Waals surface area contributed by atoms with Crippen LogP contribution in [-0.2, 0) is 0 Å². The van der Waals surface area contributed by atoms with Crippen LogP contribution in [0.1, 0.15) is 0 Å². The fourth-order valence-electron chi connectivity index (χ4n) is 7.71. The molecule has 0 bridgehead atoms. The van der Waals surface area contributed by atoms with Crippen molar-refractivity contribution in [1.29, 1.82) is 0 Å². The van der Waals surface area contributed by atoms with Crippen molar-refractivity contribution in [3.8, 4) is 5.69 Å². The van der Waals surface area contributed by atoms with Gasteiger partial charge in [-0.15, -0.1) is 11.3 Å². The number of para-hydroxylation sites is 4. The van der Waals surface area contributed by atoms with Gasteiger partial charge in [0, 0.05) is 16.3 Å². The van der Waals surface area contributed by atoms with Crippen LogP contribution >= 0.6 is 11.3 Å². The third kappa shape index (κ3) is 3.81. The van der Waals surface area contributed by atoms with Crippen LogP contribution in [0.3, 0.4) is 0 Å². The molecule has 0 aliphatic rings. The second kappa shape index (κ2) is 10.6. The predicted octanol–water partition coefficient (Wildman–Crippen LogP) is 7.57. The molecule has 10 aromatic rings. The molecule has 0 aliphatic carbocycles. The molecule has 4 aromatic heterocycles. The highest BCUT2D eigenvalue weighted by Gasteiger charge is 2.41. The van der Waals surface area contributed by atoms with E-state index in [-0.39, 0.29) is 0 Å². The maximum absolute atomic E-state index is 5.15. The minimum Gasteiger partial charge on any atom is -0.277 e. The van der Waals surface area contributed by atoms with E-state index < -0.39 is 8.07 Å². The summed E-state index contributed by atoms with van der Waals surface area (Å²) in [6.07, 6.45) is 1.96. The molecule has 0 amide bonds. The van der Waals surface area contributed by atoms with E-state index in [0.717, 1.165) is 43.7 Å². The lowest BCUT2D eigenvalue weighted by molar-refractivity contribution is 1.12. The SMILES string of the molecule is c1ccc([Si](c2ccccc2)(c2ccccc2)c2ccc3sc4c(-n5c6ccccc6n6c7ccccc7nc56)ccnc4c3c2)cc1. The number of hydrogen-bond donors (Lipinski definition) is 0. The number of imidazole rings is 2. The van der Waals surface area contributed by atoms with Gasteiger partial charge in [-0.1, -0.05) is 127 Å². The van der Waals surface area contributed by atoms with Crippen LogP contribution < -0.4 is 20.7 Å². The van der Waals surface area contributed by atoms with Gasteiger partial charge in [-0.25, -0.2) is 4.98 Å². The van der Waals surface area contributed by atoms with E-state index in [0.29, 0.717) is 0 Å². The molecule has 10 rings (SSSR count). The molecule has 0 saturated heterocycles. The van der Waals surface area contributed by atoms with Crippen molar-refractivity contribution in [3.05, 3.63) is 170 Å². The Bertz CT molecular complexity index is 2690. The Hall–Kier alpha value is -5.82. The Morgan fingerprint density at radius 2 is 1.10 bits per heavy atom. The summed E-state index contributed by atoms with van der Waals surface area (Å²) >= 11 is 1.81. The molecule has 4 heterocycles. The largest absolute Gasteiger partial charge is 0.277 e. The van der Waals surface area contributed by atoms with Crippen LogP contribution in [0.15, 0.2) is 170 Å². The van der Waals surface area contributed by atoms with Crippen molar-refractivity contribution >= 4 is 88.3 Å². The van der Waals surface area contributed by atoms with Crippen LogP contribution in [0.5, 0.6) is 0 Å². The van der Waals surface area contributed by atoms with E-state index in [9.17, 15) is 0 Å². The molecular weight excluding hydrogens is 621 g/mol. The van der Waals surface area contributed by atoms with Gasteiger partial charge in [-0.05, 0) is 57.1 Å². The Morgan fingerprint density at radius 1 is 0.521 bits per heavy atom. The van der Waals surface area contributed by atoms with Crippen LogP contribution in [0, 0.1) is 0 Å². The van der Waals surface area contributed by atoms with Gasteiger partial charge in [0.25, 0.3) is 0 Å². The average molecular weight is 649 g/mol. The van der Waals surface area contributed by atoms with E-state index in [4.69, 9.17) is 9.97 Å². The van der Waals surface area contributed by atoms with Crippen molar-refractivity contribution in [2.45, 2.75) is 0 Å². The minimum atomic E-state index is -2.68. The van der Waals surface area contributed by atoms with Crippen LogP contribution in [0.2, 0.25) is 0 Å². The summed E-state index contributed by atoms with van der Waals surface area (Å²) in [6, 6.07) is 59.5. The van der Waals surface area contributed by atoms with Crippen LogP contribution in [0.25, 0.3) is 53.8 Å². The van der Waals surface area contributed by atoms with Crippen molar-refractivity contribution in [2.75, 3.05) is 0 Å². The second-order valence-corrected chi connectivity index (χ2v) is 17.1. The van der Waals surface area contributed by atoms with Crippen LogP contribution in [-0.4, -0.2) is 27.0 Å². The molecule has 0 radical (unpaired) electrons. The van der Waals surface area contributed by atoms with Crippen molar-refractivity contribution in [1.82, 2.24) is 18.9 Å². The van der Waals surface area contributed by atoms with E-state index in [1.807, 2.05) is 17.5 Å². The van der Waals surface area contributed by atoms with Crippen LogP contribution in [0.4, 0.5) is 0 Å². The third-order valence-electron chi connectivity index (χ3n) is 9.73. The maximum Gasteiger partial charge on any atom is 0.220 e. The molecular formula is C42H28N4SSi. The number of fused-ring (bicyclic) bond motifs is 8. The highest BCUT2D eigenvalue weighted by Crippen LogP contribution is 2.38. The lowest BCUT2D eigenvalue weighted by Crippen LogP contribution is -2.74. The minimum absolute atomic E-state index is 0.909. The normalized spacial score (nSPS) is 12.2. The number of benzene rings is 6. The molecule has 0 saturated carbocycles. The van der Waals surface area contributed by atoms with Crippen molar-refractivity contribution in [3.63, 3.8) is 0 Å². The standard InChI is InChI=1S/C42H28N4SSi/c1-4-14-29(15-5-1)48(30-16-6-2-7-17-30,31-18-8-3-9-19-31)32-24-25-39-33(28-32)40-41(47-39)38(26-27-43-40)46-37-23-13-12-22-36(37)45-35-21-11-10-20-34(35)44-42(45)46/h1-28H. The van der Waals surface area contributed by atoms with Gasteiger partial charge in [0.1, 0.15) is 0 Å². The smallest absolute Gasteiger partial charge is 0.220 e. The average Bonchev–Trinajstić information content (AvgIpc) is 3.82. The number of rotatable bonds is 5. The van der Waals surface area contributed by atoms with Gasteiger partial charge < -0.3 is 0 Å². The van der Waals surface area contributed by atoms with Gasteiger partial charge >= 0.3 is 0 Å². The Balaban J connectivity index is 1.28. The maximum atomic E-state index is 5.15. The zero-order valence-electron chi connectivity index (χ0n) is 25.9. The highest BCUT2D eigenvalue weighted by molar-refractivity contribution is 7.26. The topological polar surface area (TPSA) is 35.1 Å². The molecule has 0 aliphatic heterocycles. The van der Waals surface area contributed by atoms with Gasteiger partial charge in [-0.2, -0.15) is 0 Å². The fraction of sp³-hybridized carbons (Fsp3) is 0. The van der Waals surface area contributed by atoms with Gasteiger partial charge in [-0.3, -0.25) is 14.0 Å². The molecule has 0 atom stereocenters. The third-order valence-corrected chi connectivity index (χ3v) is 15.7. The monoisotopic (exact) mass is 648 g/mol. The molecule has 226 valence electrons. The first-order chi connectivity index (χ1) is 23.8. The summed E-state index contributed by atoms with van der Waals surface area (Å²) < 4.78 is 6.98. The Labute approximate surface area is 281 Å². The first-order valence-electron chi connectivity index (χ1n) is 16.2. The number of thiophene rings is 1. The quantitative estimate of drug-likeness (QED) is 0.143. The van der Waals surface area contributed by atoms with E-state index in [2.05, 4.69) is 173 Å². The van der Waals surface area contributed by atoms with Gasteiger partial charge in [0.2, 0.25) is 5.78 Å². The van der Waals surface area contributed by atoms with Crippen molar-refractivity contribution in [2.24, 2.45) is 0 Å². The van der Waals surface area contributed by atoms with Gasteiger partial charge in [0.05, 0.1) is 38.0 Å². The van der Waals surface area contributed by atoms with E-state index in [1.54, 1.807) is 0 Å². The fourth-order valence-corrected chi connectivity index (χ4v) is 13.6. The summed E-state index contributed by atoms with van der Waals surface area (Å²) in [5.74, 6) is 0.909. The van der Waals surface area contributed by atoms with E-state index in [1.165, 1.54) is 30.8 Å². The Kier molecular flexibility index (Phi) is 6.03. The first kappa shape index (κ1) is 27.3. The number of nitrogens with zero attached hydrogens (tertiary/aromatic N) is 4.